The van der Waals surface area contributed by atoms with Crippen LogP contribution in [-0.4, -0.2) is 35.6 Å². The fourth-order valence-corrected chi connectivity index (χ4v) is 1.65. The van der Waals surface area contributed by atoms with Crippen LogP contribution in [0.25, 0.3) is 0 Å². The van der Waals surface area contributed by atoms with Crippen molar-refractivity contribution in [3.63, 3.8) is 0 Å². The molecule has 108 valence electrons. The Morgan fingerprint density at radius 1 is 1.11 bits per heavy atom. The van der Waals surface area contributed by atoms with E-state index in [0.29, 0.717) is 5.75 Å². The Balaban J connectivity index is 2.59. The van der Waals surface area contributed by atoms with Gasteiger partial charge < -0.3 is 19.7 Å². The van der Waals surface area contributed by atoms with E-state index in [-0.39, 0.29) is 19.3 Å². The highest BCUT2D eigenvalue weighted by atomic mass is 16.5. The smallest absolute Gasteiger partial charge is 0.125 e. The van der Waals surface area contributed by atoms with E-state index in [1.807, 2.05) is 39.0 Å². The maximum absolute atomic E-state index is 9.75. The normalized spacial score (nSPS) is 14.5. The van der Waals surface area contributed by atoms with Gasteiger partial charge in [-0.3, -0.25) is 0 Å². The van der Waals surface area contributed by atoms with Gasteiger partial charge in [-0.1, -0.05) is 12.1 Å². The molecule has 0 bridgehead atoms. The summed E-state index contributed by atoms with van der Waals surface area (Å²) >= 11 is 0. The van der Waals surface area contributed by atoms with Gasteiger partial charge in [0.25, 0.3) is 0 Å². The number of hydrogen-bond acceptors (Lipinski definition) is 4. The monoisotopic (exact) mass is 268 g/mol. The summed E-state index contributed by atoms with van der Waals surface area (Å²) in [6.45, 7) is 7.87. The summed E-state index contributed by atoms with van der Waals surface area (Å²) in [6.07, 6.45) is -1.19. The van der Waals surface area contributed by atoms with E-state index in [4.69, 9.17) is 9.47 Å². The van der Waals surface area contributed by atoms with Crippen molar-refractivity contribution in [3.05, 3.63) is 29.3 Å². The molecule has 0 aromatic heterocycles. The minimum Gasteiger partial charge on any atom is -0.490 e. The molecule has 0 heterocycles. The predicted octanol–water partition coefficient (Wildman–Crippen LogP) is 2.21. The zero-order valence-electron chi connectivity index (χ0n) is 12.1. The lowest BCUT2D eigenvalue weighted by atomic mass is 10.1. The molecule has 19 heavy (non-hydrogen) atoms. The lowest BCUT2D eigenvalue weighted by Gasteiger charge is -2.17. The van der Waals surface area contributed by atoms with Gasteiger partial charge in [0.15, 0.2) is 0 Å². The summed E-state index contributed by atoms with van der Waals surface area (Å²) in [5.41, 5.74) is 1.77. The summed E-state index contributed by atoms with van der Waals surface area (Å²) in [4.78, 5) is 0. The fourth-order valence-electron chi connectivity index (χ4n) is 1.65. The lowest BCUT2D eigenvalue weighted by molar-refractivity contribution is -0.0126. The van der Waals surface area contributed by atoms with E-state index < -0.39 is 12.2 Å². The van der Waals surface area contributed by atoms with E-state index in [1.54, 1.807) is 6.92 Å². The molecule has 0 radical (unpaired) electrons. The average molecular weight is 268 g/mol. The zero-order chi connectivity index (χ0) is 14.4. The fraction of sp³-hybridized carbons (Fsp3) is 0.600. The maximum atomic E-state index is 9.75. The quantitative estimate of drug-likeness (QED) is 0.796. The van der Waals surface area contributed by atoms with Crippen LogP contribution in [0.4, 0.5) is 0 Å². The minimum absolute atomic E-state index is 0.0849. The van der Waals surface area contributed by atoms with Gasteiger partial charge in [-0.25, -0.2) is 0 Å². The molecule has 0 aliphatic rings. The molecule has 0 saturated heterocycles. The molecule has 1 aromatic carbocycles. The summed E-state index contributed by atoms with van der Waals surface area (Å²) < 4.78 is 10.9. The third-order valence-electron chi connectivity index (χ3n) is 2.67. The lowest BCUT2D eigenvalue weighted by Crippen LogP contribution is -2.25. The highest BCUT2D eigenvalue weighted by Crippen LogP contribution is 2.26. The van der Waals surface area contributed by atoms with Gasteiger partial charge in [-0.15, -0.1) is 0 Å². The van der Waals surface area contributed by atoms with Crippen molar-refractivity contribution < 1.29 is 19.7 Å². The molecule has 1 unspecified atom stereocenters. The average Bonchev–Trinajstić information content (AvgIpc) is 2.33. The number of rotatable bonds is 7. The van der Waals surface area contributed by atoms with Gasteiger partial charge >= 0.3 is 0 Å². The van der Waals surface area contributed by atoms with E-state index >= 15 is 0 Å². The van der Waals surface area contributed by atoms with E-state index in [0.717, 1.165) is 11.1 Å². The Hall–Kier alpha value is -1.10. The summed E-state index contributed by atoms with van der Waals surface area (Å²) in [5.74, 6) is 0.610. The van der Waals surface area contributed by atoms with E-state index in [1.165, 1.54) is 0 Å². The molecule has 0 aliphatic carbocycles. The number of benzene rings is 1. The Labute approximate surface area is 115 Å². The maximum Gasteiger partial charge on any atom is 0.125 e. The highest BCUT2D eigenvalue weighted by Gasteiger charge is 2.12. The van der Waals surface area contributed by atoms with Gasteiger partial charge in [0.2, 0.25) is 0 Å². The van der Waals surface area contributed by atoms with Gasteiger partial charge in [0.05, 0.1) is 18.8 Å². The van der Waals surface area contributed by atoms with Crippen LogP contribution in [0.2, 0.25) is 0 Å². The van der Waals surface area contributed by atoms with Crippen molar-refractivity contribution >= 4 is 0 Å². The van der Waals surface area contributed by atoms with Crippen molar-refractivity contribution in [2.45, 2.75) is 46.0 Å². The van der Waals surface area contributed by atoms with Gasteiger partial charge in [-0.05, 0) is 39.3 Å². The van der Waals surface area contributed by atoms with Crippen LogP contribution in [0.3, 0.4) is 0 Å². The topological polar surface area (TPSA) is 58.9 Å². The SMILES string of the molecule is Cc1ccc([C@@H](C)O)c(OCC(O)COC(C)C)c1. The van der Waals surface area contributed by atoms with Crippen molar-refractivity contribution in [2.75, 3.05) is 13.2 Å². The van der Waals surface area contributed by atoms with Crippen LogP contribution >= 0.6 is 0 Å². The molecule has 1 rings (SSSR count). The van der Waals surface area contributed by atoms with Crippen LogP contribution in [0.5, 0.6) is 5.75 Å². The number of hydrogen-bond donors (Lipinski definition) is 2. The first kappa shape index (κ1) is 16.0. The molecule has 2 N–H and O–H groups in total. The van der Waals surface area contributed by atoms with Gasteiger partial charge in [0.1, 0.15) is 18.5 Å². The number of ether oxygens (including phenoxy) is 2. The van der Waals surface area contributed by atoms with Crippen molar-refractivity contribution in [2.24, 2.45) is 0 Å². The van der Waals surface area contributed by atoms with Gasteiger partial charge in [-0.2, -0.15) is 0 Å². The Morgan fingerprint density at radius 3 is 2.37 bits per heavy atom. The number of aliphatic hydroxyl groups excluding tert-OH is 2. The third kappa shape index (κ3) is 5.59. The highest BCUT2D eigenvalue weighted by molar-refractivity contribution is 5.38. The first-order chi connectivity index (χ1) is 8.90. The molecule has 0 fully saturated rings. The molecule has 0 amide bonds. The van der Waals surface area contributed by atoms with Crippen LogP contribution < -0.4 is 4.74 Å². The molecule has 1 aromatic rings. The minimum atomic E-state index is -0.676. The molecule has 4 heteroatoms. The third-order valence-corrected chi connectivity index (χ3v) is 2.67. The molecule has 0 spiro atoms. The predicted molar refractivity (Wildman–Crippen MR) is 74.4 cm³/mol. The largest absolute Gasteiger partial charge is 0.490 e. The van der Waals surface area contributed by atoms with Crippen LogP contribution in [0.1, 0.15) is 38.0 Å². The van der Waals surface area contributed by atoms with E-state index in [2.05, 4.69) is 0 Å². The second-order valence-corrected chi connectivity index (χ2v) is 5.06. The van der Waals surface area contributed by atoms with Gasteiger partial charge in [0, 0.05) is 5.56 Å². The first-order valence-electron chi connectivity index (χ1n) is 6.61. The molecule has 4 nitrogen and oxygen atoms in total. The van der Waals surface area contributed by atoms with Crippen LogP contribution in [0, 0.1) is 6.92 Å². The van der Waals surface area contributed by atoms with Crippen LogP contribution in [0.15, 0.2) is 18.2 Å². The summed E-state index contributed by atoms with van der Waals surface area (Å²) in [5, 5.41) is 19.4. The summed E-state index contributed by atoms with van der Waals surface area (Å²) in [6, 6.07) is 5.62. The second-order valence-electron chi connectivity index (χ2n) is 5.06. The Morgan fingerprint density at radius 2 is 1.79 bits per heavy atom. The number of aryl methyl sites for hydroxylation is 1. The van der Waals surface area contributed by atoms with Crippen molar-refractivity contribution in [3.8, 4) is 5.75 Å². The van der Waals surface area contributed by atoms with E-state index in [9.17, 15) is 10.2 Å². The Bertz CT molecular complexity index is 388. The first-order valence-corrected chi connectivity index (χ1v) is 6.61. The molecule has 0 saturated carbocycles. The number of aliphatic hydroxyl groups is 2. The molecule has 0 aliphatic heterocycles. The molecular weight excluding hydrogens is 244 g/mol. The Kier molecular flexibility index (Phi) is 6.28. The standard InChI is InChI=1S/C15H24O4/c1-10(2)18-8-13(17)9-19-15-7-11(3)5-6-14(15)12(4)16/h5-7,10,12-13,16-17H,8-9H2,1-4H3/t12-,13?/m1/s1. The molecule has 2 atom stereocenters. The van der Waals surface area contributed by atoms with Crippen molar-refractivity contribution in [1.82, 2.24) is 0 Å². The van der Waals surface area contributed by atoms with Crippen molar-refractivity contribution in [1.29, 1.82) is 0 Å². The second kappa shape index (κ2) is 7.48. The zero-order valence-corrected chi connectivity index (χ0v) is 12.1. The molecular formula is C15H24O4. The summed E-state index contributed by atoms with van der Waals surface area (Å²) in [7, 11) is 0. The van der Waals surface area contributed by atoms with Crippen LogP contribution in [-0.2, 0) is 4.74 Å².